The van der Waals surface area contributed by atoms with Gasteiger partial charge >= 0.3 is 0 Å². The van der Waals surface area contributed by atoms with E-state index in [0.29, 0.717) is 12.2 Å². The van der Waals surface area contributed by atoms with E-state index < -0.39 is 5.91 Å². The highest BCUT2D eigenvalue weighted by atomic mass is 32.1. The van der Waals surface area contributed by atoms with Gasteiger partial charge in [0.25, 0.3) is 5.91 Å². The molecule has 6 nitrogen and oxygen atoms in total. The maximum atomic E-state index is 12.8. The van der Waals surface area contributed by atoms with E-state index in [1.54, 1.807) is 30.0 Å². The third kappa shape index (κ3) is 3.72. The number of aryl methyl sites for hydroxylation is 2. The first kappa shape index (κ1) is 18.0. The number of carbonyl (C=O) groups excluding carboxylic acids is 1. The van der Waals surface area contributed by atoms with Crippen molar-refractivity contribution in [3.8, 4) is 5.69 Å². The van der Waals surface area contributed by atoms with Gasteiger partial charge in [0, 0.05) is 24.2 Å². The van der Waals surface area contributed by atoms with Crippen molar-refractivity contribution in [2.24, 2.45) is 0 Å². The van der Waals surface area contributed by atoms with Gasteiger partial charge in [-0.3, -0.25) is 9.59 Å². The molecule has 26 heavy (non-hydrogen) atoms. The van der Waals surface area contributed by atoms with Crippen LogP contribution in [0.1, 0.15) is 33.8 Å². The van der Waals surface area contributed by atoms with E-state index >= 15 is 0 Å². The molecule has 0 saturated heterocycles. The lowest BCUT2D eigenvalue weighted by molar-refractivity contribution is 0.0774. The molecule has 0 aliphatic carbocycles. The monoisotopic (exact) mass is 368 g/mol. The van der Waals surface area contributed by atoms with Gasteiger partial charge in [0.1, 0.15) is 0 Å². The van der Waals surface area contributed by atoms with Gasteiger partial charge in [-0.05, 0) is 25.5 Å². The zero-order valence-electron chi connectivity index (χ0n) is 15.0. The van der Waals surface area contributed by atoms with Gasteiger partial charge in [0.15, 0.2) is 5.69 Å². The summed E-state index contributed by atoms with van der Waals surface area (Å²) in [5.41, 5.74) is 1.83. The zero-order chi connectivity index (χ0) is 18.7. The Morgan fingerprint density at radius 3 is 2.65 bits per heavy atom. The maximum Gasteiger partial charge on any atom is 0.278 e. The minimum Gasteiger partial charge on any atom is -0.334 e. The van der Waals surface area contributed by atoms with Crippen LogP contribution in [0.3, 0.4) is 0 Å². The number of nitrogens with zero attached hydrogens (tertiary/aromatic N) is 4. The molecule has 134 valence electrons. The molecule has 0 bridgehead atoms. The third-order valence-corrected chi connectivity index (χ3v) is 5.00. The molecule has 0 N–H and O–H groups in total. The lowest BCUT2D eigenvalue weighted by Crippen LogP contribution is -2.33. The predicted octanol–water partition coefficient (Wildman–Crippen LogP) is 2.83. The quantitative estimate of drug-likeness (QED) is 0.694. The Kier molecular flexibility index (Phi) is 5.27. The first-order valence-electron chi connectivity index (χ1n) is 8.34. The van der Waals surface area contributed by atoms with E-state index in [1.807, 2.05) is 42.6 Å². The molecular formula is C19H20N4O2S. The van der Waals surface area contributed by atoms with Crippen LogP contribution in [-0.2, 0) is 13.0 Å². The second-order valence-electron chi connectivity index (χ2n) is 5.99. The number of para-hydroxylation sites is 1. The standard InChI is InChI=1S/C19H20N4O2S/c1-4-17-20-14(12-26-17)11-22(3)19(25)18-16(24)10-13(2)23(21-18)15-8-6-5-7-9-15/h5-10,12H,4,11H2,1-3H3. The van der Waals surface area contributed by atoms with Crippen LogP contribution in [0, 0.1) is 6.92 Å². The summed E-state index contributed by atoms with van der Waals surface area (Å²) in [5, 5.41) is 7.29. The van der Waals surface area contributed by atoms with Crippen molar-refractivity contribution in [2.75, 3.05) is 7.05 Å². The molecule has 0 aliphatic heterocycles. The van der Waals surface area contributed by atoms with Crippen LogP contribution in [0.15, 0.2) is 46.6 Å². The summed E-state index contributed by atoms with van der Waals surface area (Å²) >= 11 is 1.57. The van der Waals surface area contributed by atoms with Crippen molar-refractivity contribution >= 4 is 17.2 Å². The maximum absolute atomic E-state index is 12.8. The van der Waals surface area contributed by atoms with Crippen molar-refractivity contribution in [1.82, 2.24) is 19.7 Å². The van der Waals surface area contributed by atoms with Gasteiger partial charge in [-0.25, -0.2) is 9.67 Å². The highest BCUT2D eigenvalue weighted by molar-refractivity contribution is 7.09. The molecule has 0 spiro atoms. The van der Waals surface area contributed by atoms with Crippen molar-refractivity contribution in [3.05, 3.63) is 74.1 Å². The summed E-state index contributed by atoms with van der Waals surface area (Å²) in [5.74, 6) is -0.411. The average Bonchev–Trinajstić information content (AvgIpc) is 3.09. The number of aromatic nitrogens is 3. The Morgan fingerprint density at radius 2 is 2.00 bits per heavy atom. The second kappa shape index (κ2) is 7.61. The molecule has 0 atom stereocenters. The van der Waals surface area contributed by atoms with Crippen LogP contribution < -0.4 is 5.43 Å². The van der Waals surface area contributed by atoms with Crippen LogP contribution in [0.25, 0.3) is 5.69 Å². The summed E-state index contributed by atoms with van der Waals surface area (Å²) in [4.78, 5) is 31.0. The summed E-state index contributed by atoms with van der Waals surface area (Å²) in [6, 6.07) is 10.9. The van der Waals surface area contributed by atoms with Crippen molar-refractivity contribution in [2.45, 2.75) is 26.8 Å². The fraction of sp³-hybridized carbons (Fsp3) is 0.263. The zero-order valence-corrected chi connectivity index (χ0v) is 15.8. The Balaban J connectivity index is 1.90. The smallest absolute Gasteiger partial charge is 0.278 e. The lowest BCUT2D eigenvalue weighted by Gasteiger charge is -2.16. The largest absolute Gasteiger partial charge is 0.334 e. The van der Waals surface area contributed by atoms with Crippen LogP contribution in [0.2, 0.25) is 0 Å². The first-order valence-corrected chi connectivity index (χ1v) is 9.22. The molecule has 2 aromatic heterocycles. The molecule has 0 unspecified atom stereocenters. The van der Waals surface area contributed by atoms with E-state index in [-0.39, 0.29) is 11.1 Å². The highest BCUT2D eigenvalue weighted by Gasteiger charge is 2.20. The van der Waals surface area contributed by atoms with Crippen LogP contribution in [0.5, 0.6) is 0 Å². The molecule has 2 heterocycles. The molecule has 0 aliphatic rings. The topological polar surface area (TPSA) is 68.1 Å². The lowest BCUT2D eigenvalue weighted by atomic mass is 10.2. The number of benzene rings is 1. The number of amides is 1. The molecule has 3 rings (SSSR count). The number of thiazole rings is 1. The van der Waals surface area contributed by atoms with E-state index in [0.717, 1.165) is 22.8 Å². The fourth-order valence-electron chi connectivity index (χ4n) is 2.61. The first-order chi connectivity index (χ1) is 12.5. The average molecular weight is 368 g/mol. The van der Waals surface area contributed by atoms with Crippen molar-refractivity contribution in [1.29, 1.82) is 0 Å². The predicted molar refractivity (Wildman–Crippen MR) is 102 cm³/mol. The Hall–Kier alpha value is -2.80. The fourth-order valence-corrected chi connectivity index (χ4v) is 3.34. The molecule has 1 amide bonds. The van der Waals surface area contributed by atoms with Crippen LogP contribution in [-0.4, -0.2) is 32.6 Å². The molecule has 1 aromatic carbocycles. The summed E-state index contributed by atoms with van der Waals surface area (Å²) < 4.78 is 1.61. The highest BCUT2D eigenvalue weighted by Crippen LogP contribution is 2.13. The van der Waals surface area contributed by atoms with Gasteiger partial charge in [-0.15, -0.1) is 11.3 Å². The van der Waals surface area contributed by atoms with E-state index in [9.17, 15) is 9.59 Å². The number of hydrogen-bond donors (Lipinski definition) is 0. The number of hydrogen-bond acceptors (Lipinski definition) is 5. The molecule has 3 aromatic rings. The minimum absolute atomic E-state index is 0.0899. The van der Waals surface area contributed by atoms with Gasteiger partial charge in [0.05, 0.1) is 22.9 Å². The summed E-state index contributed by atoms with van der Waals surface area (Å²) in [6.07, 6.45) is 0.865. The third-order valence-electron chi connectivity index (χ3n) is 3.96. The van der Waals surface area contributed by atoms with Gasteiger partial charge in [-0.1, -0.05) is 25.1 Å². The minimum atomic E-state index is -0.411. The van der Waals surface area contributed by atoms with Crippen LogP contribution in [0.4, 0.5) is 0 Å². The van der Waals surface area contributed by atoms with Crippen LogP contribution >= 0.6 is 11.3 Å². The Labute approximate surface area is 155 Å². The number of rotatable bonds is 5. The molecule has 0 fully saturated rings. The normalized spacial score (nSPS) is 10.7. The number of carbonyl (C=O) groups is 1. The molecule has 7 heteroatoms. The van der Waals surface area contributed by atoms with E-state index in [4.69, 9.17) is 0 Å². The van der Waals surface area contributed by atoms with E-state index in [2.05, 4.69) is 10.1 Å². The Bertz CT molecular complexity index is 979. The van der Waals surface area contributed by atoms with Crippen molar-refractivity contribution < 1.29 is 4.79 Å². The summed E-state index contributed by atoms with van der Waals surface area (Å²) in [6.45, 7) is 4.18. The van der Waals surface area contributed by atoms with Gasteiger partial charge in [-0.2, -0.15) is 5.10 Å². The van der Waals surface area contributed by atoms with E-state index in [1.165, 1.54) is 11.0 Å². The molecular weight excluding hydrogens is 348 g/mol. The second-order valence-corrected chi connectivity index (χ2v) is 6.94. The van der Waals surface area contributed by atoms with Gasteiger partial charge < -0.3 is 4.90 Å². The SMILES string of the molecule is CCc1nc(CN(C)C(=O)c2nn(-c3ccccc3)c(C)cc2=O)cs1. The van der Waals surface area contributed by atoms with Gasteiger partial charge in [0.2, 0.25) is 5.43 Å². The summed E-state index contributed by atoms with van der Waals surface area (Å²) in [7, 11) is 1.65. The van der Waals surface area contributed by atoms with Crippen molar-refractivity contribution in [3.63, 3.8) is 0 Å². The Morgan fingerprint density at radius 1 is 1.27 bits per heavy atom. The molecule has 0 saturated carbocycles. The molecule has 0 radical (unpaired) electrons.